The molecule has 70 heavy (non-hydrogen) atoms. The molecule has 0 aromatic rings. The molecule has 392 valence electrons. The standard InChI is InChI=1S/C65H102O5/c1-4-7-10-13-16-19-22-25-28-31-32-33-36-39-42-45-48-51-54-57-60-68-61-63(70-65(67)59-56-53-50-47-44-41-38-35-30-27-24-21-18-15-12-9-6-3)62-69-64(66)58-55-52-49-46-43-40-37-34-29-26-23-20-17-14-11-8-5-2/h7-12,16-21,25-30,32-33,37-38,40-41,46,49,63H,4-6,13-15,22-24,31,34-36,39,42-45,47-48,50-62H2,1-3H3/b10-7-,11-8-,12-9-,19-16-,20-17-,21-18-,28-25-,29-26-,30-27-,33-32-,40-37-,41-38-,49-46-. The second-order valence-corrected chi connectivity index (χ2v) is 17.7. The zero-order chi connectivity index (χ0) is 50.6. The number of carbonyl (C=O) groups is 2. The van der Waals surface area contributed by atoms with E-state index >= 15 is 0 Å². The highest BCUT2D eigenvalue weighted by Crippen LogP contribution is 2.12. The maximum atomic E-state index is 12.9. The minimum atomic E-state index is -0.592. The molecule has 0 aromatic carbocycles. The van der Waals surface area contributed by atoms with Crippen LogP contribution in [-0.2, 0) is 23.8 Å². The second kappa shape index (κ2) is 58.8. The van der Waals surface area contributed by atoms with Crippen LogP contribution in [0.25, 0.3) is 0 Å². The summed E-state index contributed by atoms with van der Waals surface area (Å²) in [6.45, 7) is 7.36. The van der Waals surface area contributed by atoms with Crippen LogP contribution in [0.2, 0.25) is 0 Å². The van der Waals surface area contributed by atoms with Gasteiger partial charge in [-0.25, -0.2) is 0 Å². The molecule has 0 aliphatic rings. The van der Waals surface area contributed by atoms with Gasteiger partial charge in [-0.1, -0.05) is 224 Å². The minimum absolute atomic E-state index is 0.0298. The van der Waals surface area contributed by atoms with Crippen LogP contribution in [-0.4, -0.2) is 37.9 Å². The normalized spacial score (nSPS) is 13.5. The Balaban J connectivity index is 4.47. The van der Waals surface area contributed by atoms with E-state index in [-0.39, 0.29) is 25.2 Å². The van der Waals surface area contributed by atoms with Crippen molar-refractivity contribution in [2.75, 3.05) is 19.8 Å². The van der Waals surface area contributed by atoms with Crippen LogP contribution in [0.15, 0.2) is 158 Å². The lowest BCUT2D eigenvalue weighted by Crippen LogP contribution is -2.30. The molecule has 0 N–H and O–H groups in total. The van der Waals surface area contributed by atoms with Gasteiger partial charge in [0.15, 0.2) is 6.10 Å². The molecule has 0 amide bonds. The van der Waals surface area contributed by atoms with Gasteiger partial charge in [-0.15, -0.1) is 0 Å². The van der Waals surface area contributed by atoms with E-state index in [9.17, 15) is 9.59 Å². The molecule has 0 heterocycles. The molecule has 0 saturated carbocycles. The Morgan fingerprint density at radius 3 is 1.00 bits per heavy atom. The van der Waals surface area contributed by atoms with E-state index in [1.165, 1.54) is 32.1 Å². The number of carbonyl (C=O) groups excluding carboxylic acids is 2. The van der Waals surface area contributed by atoms with E-state index in [0.29, 0.717) is 19.4 Å². The molecule has 0 radical (unpaired) electrons. The first-order valence-corrected chi connectivity index (χ1v) is 28.0. The molecule has 5 heteroatoms. The van der Waals surface area contributed by atoms with Crippen LogP contribution in [0.1, 0.15) is 213 Å². The van der Waals surface area contributed by atoms with E-state index in [2.05, 4.69) is 179 Å². The summed E-state index contributed by atoms with van der Waals surface area (Å²) in [6, 6.07) is 0. The fraction of sp³-hybridized carbons (Fsp3) is 0.569. The first kappa shape index (κ1) is 65.5. The minimum Gasteiger partial charge on any atom is -0.462 e. The van der Waals surface area contributed by atoms with E-state index in [1.807, 2.05) is 0 Å². The second-order valence-electron chi connectivity index (χ2n) is 17.7. The summed E-state index contributed by atoms with van der Waals surface area (Å²) in [6.07, 6.45) is 86.9. The smallest absolute Gasteiger partial charge is 0.306 e. The van der Waals surface area contributed by atoms with Crippen LogP contribution >= 0.6 is 0 Å². The molecule has 0 fully saturated rings. The zero-order valence-electron chi connectivity index (χ0n) is 45.0. The largest absolute Gasteiger partial charge is 0.462 e. The number of unbranched alkanes of at least 4 members (excludes halogenated alkanes) is 12. The molecule has 0 aromatic heterocycles. The molecule has 1 unspecified atom stereocenters. The fourth-order valence-corrected chi connectivity index (χ4v) is 7.00. The topological polar surface area (TPSA) is 61.8 Å². The summed E-state index contributed by atoms with van der Waals surface area (Å²) in [5.74, 6) is -0.510. The van der Waals surface area contributed by atoms with Gasteiger partial charge in [0, 0.05) is 19.4 Å². The van der Waals surface area contributed by atoms with Crippen LogP contribution in [0, 0.1) is 0 Å². The predicted molar refractivity (Wildman–Crippen MR) is 306 cm³/mol. The third-order valence-corrected chi connectivity index (χ3v) is 11.0. The lowest BCUT2D eigenvalue weighted by atomic mass is 10.1. The number of rotatable bonds is 49. The Bertz CT molecular complexity index is 1560. The van der Waals surface area contributed by atoms with Gasteiger partial charge >= 0.3 is 11.9 Å². The van der Waals surface area contributed by atoms with Crippen LogP contribution in [0.5, 0.6) is 0 Å². The molecule has 1 atom stereocenters. The van der Waals surface area contributed by atoms with E-state index in [4.69, 9.17) is 14.2 Å². The first-order valence-electron chi connectivity index (χ1n) is 28.0. The molecular weight excluding hydrogens is 861 g/mol. The summed E-state index contributed by atoms with van der Waals surface area (Å²) in [4.78, 5) is 25.5. The quantitative estimate of drug-likeness (QED) is 0.0345. The van der Waals surface area contributed by atoms with Crippen molar-refractivity contribution in [3.8, 4) is 0 Å². The molecular formula is C65H102O5. The Morgan fingerprint density at radius 2 is 0.614 bits per heavy atom. The number of hydrogen-bond acceptors (Lipinski definition) is 5. The molecule has 0 spiro atoms. The number of allylic oxidation sites excluding steroid dienone is 26. The number of ether oxygens (including phenoxy) is 3. The maximum absolute atomic E-state index is 12.9. The molecule has 0 aliphatic heterocycles. The maximum Gasteiger partial charge on any atom is 0.306 e. The molecule has 0 bridgehead atoms. The van der Waals surface area contributed by atoms with Gasteiger partial charge in [0.25, 0.3) is 0 Å². The van der Waals surface area contributed by atoms with E-state index < -0.39 is 6.10 Å². The SMILES string of the molecule is CC/C=C\C/C=C\C/C=C\C/C=C\C/C=C\CCCC(=O)OCC(COCCCCCCCCC/C=C\C/C=C\C/C=C\C/C=C\CC)OC(=O)CCCCCC/C=C\C/C=C\C/C=C\C/C=C\CC. The molecule has 0 aliphatic carbocycles. The summed E-state index contributed by atoms with van der Waals surface area (Å²) in [5.41, 5.74) is 0. The highest BCUT2D eigenvalue weighted by molar-refractivity contribution is 5.70. The van der Waals surface area contributed by atoms with Crippen molar-refractivity contribution >= 4 is 11.9 Å². The highest BCUT2D eigenvalue weighted by Gasteiger charge is 2.17. The number of esters is 2. The highest BCUT2D eigenvalue weighted by atomic mass is 16.6. The van der Waals surface area contributed by atoms with Gasteiger partial charge in [0.05, 0.1) is 6.61 Å². The summed E-state index contributed by atoms with van der Waals surface area (Å²) in [7, 11) is 0. The average Bonchev–Trinajstić information content (AvgIpc) is 3.36. The Hall–Kier alpha value is -4.48. The van der Waals surface area contributed by atoms with Crippen molar-refractivity contribution in [3.63, 3.8) is 0 Å². The van der Waals surface area contributed by atoms with Crippen molar-refractivity contribution < 1.29 is 23.8 Å². The first-order chi connectivity index (χ1) is 34.6. The van der Waals surface area contributed by atoms with Crippen molar-refractivity contribution in [3.05, 3.63) is 158 Å². The summed E-state index contributed by atoms with van der Waals surface area (Å²) < 4.78 is 17.4. The third kappa shape index (κ3) is 56.1. The van der Waals surface area contributed by atoms with Gasteiger partial charge in [0.1, 0.15) is 6.61 Å². The van der Waals surface area contributed by atoms with Crippen LogP contribution < -0.4 is 0 Å². The molecule has 0 saturated heterocycles. The van der Waals surface area contributed by atoms with Crippen LogP contribution in [0.3, 0.4) is 0 Å². The third-order valence-electron chi connectivity index (χ3n) is 11.0. The van der Waals surface area contributed by atoms with Crippen molar-refractivity contribution in [2.24, 2.45) is 0 Å². The average molecular weight is 964 g/mol. The van der Waals surface area contributed by atoms with E-state index in [1.54, 1.807) is 0 Å². The van der Waals surface area contributed by atoms with Crippen LogP contribution in [0.4, 0.5) is 0 Å². The van der Waals surface area contributed by atoms with Gasteiger partial charge < -0.3 is 14.2 Å². The Morgan fingerprint density at radius 1 is 0.314 bits per heavy atom. The Kier molecular flexibility index (Phi) is 55.1. The van der Waals surface area contributed by atoms with Gasteiger partial charge in [-0.05, 0) is 135 Å². The van der Waals surface area contributed by atoms with Crippen molar-refractivity contribution in [1.82, 2.24) is 0 Å². The predicted octanol–water partition coefficient (Wildman–Crippen LogP) is 19.5. The molecule has 5 nitrogen and oxygen atoms in total. The van der Waals surface area contributed by atoms with Gasteiger partial charge in [-0.2, -0.15) is 0 Å². The van der Waals surface area contributed by atoms with Crippen molar-refractivity contribution in [1.29, 1.82) is 0 Å². The fourth-order valence-electron chi connectivity index (χ4n) is 7.00. The monoisotopic (exact) mass is 963 g/mol. The molecule has 0 rings (SSSR count). The lowest BCUT2D eigenvalue weighted by Gasteiger charge is -2.18. The van der Waals surface area contributed by atoms with Gasteiger partial charge in [-0.3, -0.25) is 9.59 Å². The van der Waals surface area contributed by atoms with E-state index in [0.717, 1.165) is 148 Å². The summed E-state index contributed by atoms with van der Waals surface area (Å²) >= 11 is 0. The Labute approximate surface area is 431 Å². The number of hydrogen-bond donors (Lipinski definition) is 0. The van der Waals surface area contributed by atoms with Crippen molar-refractivity contribution in [2.45, 2.75) is 219 Å². The van der Waals surface area contributed by atoms with Gasteiger partial charge in [0.2, 0.25) is 0 Å². The lowest BCUT2D eigenvalue weighted by molar-refractivity contribution is -0.163. The zero-order valence-corrected chi connectivity index (χ0v) is 45.0. The summed E-state index contributed by atoms with van der Waals surface area (Å²) in [5, 5.41) is 0.